The molecular weight excluding hydrogens is 148 g/mol. The summed E-state index contributed by atoms with van der Waals surface area (Å²) in [6.45, 7) is 1.53. The molecule has 1 rings (SSSR count). The average molecular weight is 162 g/mol. The summed E-state index contributed by atoms with van der Waals surface area (Å²) in [5, 5.41) is 27.1. The van der Waals surface area contributed by atoms with E-state index < -0.39 is 18.3 Å². The highest BCUT2D eigenvalue weighted by Gasteiger charge is 2.32. The summed E-state index contributed by atoms with van der Waals surface area (Å²) in [5.41, 5.74) is 0. The van der Waals surface area contributed by atoms with Crippen LogP contribution in [-0.2, 0) is 4.74 Å². The molecule has 4 atom stereocenters. The molecule has 1 aliphatic heterocycles. The molecule has 66 valence electrons. The van der Waals surface area contributed by atoms with E-state index in [-0.39, 0.29) is 19.1 Å². The quantitative estimate of drug-likeness (QED) is 0.456. The van der Waals surface area contributed by atoms with Gasteiger partial charge in [0, 0.05) is 6.42 Å². The second kappa shape index (κ2) is 3.49. The molecule has 0 bridgehead atoms. The van der Waals surface area contributed by atoms with E-state index in [1.165, 1.54) is 0 Å². The first-order valence-electron chi connectivity index (χ1n) is 3.77. The Morgan fingerprint density at radius 2 is 2.00 bits per heavy atom. The van der Waals surface area contributed by atoms with Crippen LogP contribution in [0, 0.1) is 0 Å². The van der Waals surface area contributed by atoms with Gasteiger partial charge in [0.1, 0.15) is 6.10 Å². The van der Waals surface area contributed by atoms with E-state index in [1.54, 1.807) is 6.92 Å². The highest BCUT2D eigenvalue weighted by Crippen LogP contribution is 2.19. The van der Waals surface area contributed by atoms with Crippen molar-refractivity contribution < 1.29 is 20.1 Å². The van der Waals surface area contributed by atoms with Crippen LogP contribution in [0.5, 0.6) is 0 Å². The van der Waals surface area contributed by atoms with Crippen LogP contribution < -0.4 is 0 Å². The highest BCUT2D eigenvalue weighted by molar-refractivity contribution is 4.81. The first-order chi connectivity index (χ1) is 5.15. The summed E-state index contributed by atoms with van der Waals surface area (Å²) < 4.78 is 5.11. The molecular formula is C7H14O4. The molecule has 0 saturated carbocycles. The van der Waals surface area contributed by atoms with E-state index >= 15 is 0 Å². The van der Waals surface area contributed by atoms with Crippen LogP contribution in [0.3, 0.4) is 0 Å². The Hall–Kier alpha value is -0.160. The molecule has 1 aliphatic rings. The zero-order valence-corrected chi connectivity index (χ0v) is 6.47. The van der Waals surface area contributed by atoms with Crippen LogP contribution >= 0.6 is 0 Å². The number of rotatable bonds is 1. The predicted molar refractivity (Wildman–Crippen MR) is 38.1 cm³/mol. The van der Waals surface area contributed by atoms with E-state index in [2.05, 4.69) is 0 Å². The van der Waals surface area contributed by atoms with Gasteiger partial charge in [-0.2, -0.15) is 0 Å². The van der Waals surface area contributed by atoms with Crippen molar-refractivity contribution in [1.82, 2.24) is 0 Å². The van der Waals surface area contributed by atoms with E-state index in [0.29, 0.717) is 0 Å². The normalized spacial score (nSPS) is 45.8. The Morgan fingerprint density at radius 3 is 2.55 bits per heavy atom. The van der Waals surface area contributed by atoms with Crippen LogP contribution in [0.4, 0.5) is 0 Å². The molecule has 0 aromatic rings. The van der Waals surface area contributed by atoms with Gasteiger partial charge in [0.25, 0.3) is 0 Å². The third kappa shape index (κ3) is 1.90. The van der Waals surface area contributed by atoms with Crippen molar-refractivity contribution in [2.45, 2.75) is 37.8 Å². The molecule has 0 aromatic carbocycles. The molecule has 0 unspecified atom stereocenters. The van der Waals surface area contributed by atoms with Crippen LogP contribution in [0.25, 0.3) is 0 Å². The smallest absolute Gasteiger partial charge is 0.107 e. The molecule has 1 saturated heterocycles. The minimum atomic E-state index is -0.744. The number of hydrogen-bond acceptors (Lipinski definition) is 4. The minimum Gasteiger partial charge on any atom is -0.394 e. The number of ether oxygens (including phenoxy) is 1. The zero-order chi connectivity index (χ0) is 8.43. The number of hydrogen-bond donors (Lipinski definition) is 3. The maximum Gasteiger partial charge on any atom is 0.107 e. The Bertz CT molecular complexity index is 128. The molecule has 11 heavy (non-hydrogen) atoms. The van der Waals surface area contributed by atoms with Gasteiger partial charge in [-0.15, -0.1) is 0 Å². The van der Waals surface area contributed by atoms with Gasteiger partial charge in [0.15, 0.2) is 0 Å². The summed E-state index contributed by atoms with van der Waals surface area (Å²) in [7, 11) is 0. The molecule has 0 aromatic heterocycles. The van der Waals surface area contributed by atoms with E-state index in [1.807, 2.05) is 0 Å². The third-order valence-corrected chi connectivity index (χ3v) is 2.02. The molecule has 0 radical (unpaired) electrons. The lowest BCUT2D eigenvalue weighted by molar-refractivity contribution is -0.173. The van der Waals surface area contributed by atoms with Crippen molar-refractivity contribution in [3.05, 3.63) is 0 Å². The lowest BCUT2D eigenvalue weighted by Gasteiger charge is -2.34. The number of aliphatic hydroxyl groups excluding tert-OH is 3. The fourth-order valence-electron chi connectivity index (χ4n) is 1.21. The Labute approximate surface area is 65.4 Å². The van der Waals surface area contributed by atoms with Crippen molar-refractivity contribution in [1.29, 1.82) is 0 Å². The zero-order valence-electron chi connectivity index (χ0n) is 6.47. The van der Waals surface area contributed by atoms with E-state index in [9.17, 15) is 10.2 Å². The van der Waals surface area contributed by atoms with Crippen LogP contribution in [0.1, 0.15) is 13.3 Å². The summed E-state index contributed by atoms with van der Waals surface area (Å²) in [6, 6.07) is 0. The van der Waals surface area contributed by atoms with Gasteiger partial charge in [-0.25, -0.2) is 0 Å². The van der Waals surface area contributed by atoms with Crippen molar-refractivity contribution >= 4 is 0 Å². The summed E-state index contributed by atoms with van der Waals surface area (Å²) in [4.78, 5) is 0. The highest BCUT2D eigenvalue weighted by atomic mass is 16.5. The van der Waals surface area contributed by atoms with Gasteiger partial charge >= 0.3 is 0 Å². The van der Waals surface area contributed by atoms with Gasteiger partial charge < -0.3 is 20.1 Å². The molecule has 0 aliphatic carbocycles. The monoisotopic (exact) mass is 162 g/mol. The molecule has 4 heteroatoms. The van der Waals surface area contributed by atoms with Crippen molar-refractivity contribution in [3.8, 4) is 0 Å². The van der Waals surface area contributed by atoms with Gasteiger partial charge in [0.05, 0.1) is 24.9 Å². The number of aliphatic hydroxyl groups is 3. The first kappa shape index (κ1) is 8.93. The van der Waals surface area contributed by atoms with Gasteiger partial charge in [-0.1, -0.05) is 0 Å². The molecule has 4 nitrogen and oxygen atoms in total. The van der Waals surface area contributed by atoms with Crippen molar-refractivity contribution in [2.75, 3.05) is 6.61 Å². The molecule has 1 heterocycles. The molecule has 3 N–H and O–H groups in total. The van der Waals surface area contributed by atoms with E-state index in [4.69, 9.17) is 9.84 Å². The molecule has 0 spiro atoms. The van der Waals surface area contributed by atoms with E-state index in [0.717, 1.165) is 0 Å². The minimum absolute atomic E-state index is 0.196. The van der Waals surface area contributed by atoms with Gasteiger partial charge in [0.2, 0.25) is 0 Å². The maximum absolute atomic E-state index is 9.21. The van der Waals surface area contributed by atoms with Crippen molar-refractivity contribution in [3.63, 3.8) is 0 Å². The van der Waals surface area contributed by atoms with Crippen LogP contribution in [0.2, 0.25) is 0 Å². The summed E-state index contributed by atoms with van der Waals surface area (Å²) in [5.74, 6) is 0. The first-order valence-corrected chi connectivity index (χ1v) is 3.77. The van der Waals surface area contributed by atoms with Crippen LogP contribution in [0.15, 0.2) is 0 Å². The lowest BCUT2D eigenvalue weighted by atomic mass is 10.00. The SMILES string of the molecule is C[C@@H]1O[C@@H](CO)[C@H](O)C[C@H]1O. The Morgan fingerprint density at radius 1 is 1.36 bits per heavy atom. The van der Waals surface area contributed by atoms with Gasteiger partial charge in [-0.3, -0.25) is 0 Å². The second-order valence-corrected chi connectivity index (χ2v) is 2.93. The largest absolute Gasteiger partial charge is 0.394 e. The standard InChI is InChI=1S/C7H14O4/c1-4-5(9)2-6(10)7(3-8)11-4/h4-10H,2-3H2,1H3/t4-,5+,6+,7-/m0/s1. The maximum atomic E-state index is 9.21. The summed E-state index contributed by atoms with van der Waals surface area (Å²) >= 11 is 0. The van der Waals surface area contributed by atoms with Crippen molar-refractivity contribution in [2.24, 2.45) is 0 Å². The lowest BCUT2D eigenvalue weighted by Crippen LogP contribution is -2.47. The third-order valence-electron chi connectivity index (χ3n) is 2.02. The fraction of sp³-hybridized carbons (Fsp3) is 1.00. The Balaban J connectivity index is 2.48. The Kier molecular flexibility index (Phi) is 2.84. The van der Waals surface area contributed by atoms with Crippen LogP contribution in [-0.4, -0.2) is 46.3 Å². The second-order valence-electron chi connectivity index (χ2n) is 2.93. The predicted octanol–water partition coefficient (Wildman–Crippen LogP) is -1.12. The topological polar surface area (TPSA) is 69.9 Å². The fourth-order valence-corrected chi connectivity index (χ4v) is 1.21. The molecule has 0 amide bonds. The average Bonchev–Trinajstić information content (AvgIpc) is 1.97. The van der Waals surface area contributed by atoms with Gasteiger partial charge in [-0.05, 0) is 6.92 Å². The summed E-state index contributed by atoms with van der Waals surface area (Å²) in [6.07, 6.45) is -1.91. The molecule has 1 fully saturated rings.